The van der Waals surface area contributed by atoms with E-state index >= 15 is 0 Å². The lowest BCUT2D eigenvalue weighted by atomic mass is 9.95. The monoisotopic (exact) mass is 332 g/mol. The summed E-state index contributed by atoms with van der Waals surface area (Å²) >= 11 is 0. The third-order valence-corrected chi connectivity index (χ3v) is 3.08. The van der Waals surface area contributed by atoms with E-state index in [1.54, 1.807) is 0 Å². The Morgan fingerprint density at radius 3 is 1.83 bits per heavy atom. The molecule has 0 saturated carbocycles. The van der Waals surface area contributed by atoms with E-state index < -0.39 is 65.4 Å². The first-order valence-electron chi connectivity index (χ1n) is 6.28. The summed E-state index contributed by atoms with van der Waals surface area (Å²) in [6.45, 7) is -0.965. The molecule has 0 heterocycles. The molecule has 1 aromatic rings. The van der Waals surface area contributed by atoms with E-state index in [9.17, 15) is 35.1 Å². The van der Waals surface area contributed by atoms with Crippen molar-refractivity contribution in [3.8, 4) is 17.2 Å². The van der Waals surface area contributed by atoms with Crippen molar-refractivity contribution in [1.82, 2.24) is 0 Å². The van der Waals surface area contributed by atoms with Gasteiger partial charge in [0.2, 0.25) is 11.6 Å². The lowest BCUT2D eigenvalue weighted by Gasteiger charge is -2.24. The van der Waals surface area contributed by atoms with Gasteiger partial charge in [-0.3, -0.25) is 9.59 Å². The predicted octanol–water partition coefficient (Wildman–Crippen LogP) is -3.01. The van der Waals surface area contributed by atoms with Crippen LogP contribution in [0.1, 0.15) is 10.4 Å². The minimum Gasteiger partial charge on any atom is -0.504 e. The molecule has 1 rings (SSSR count). The zero-order chi connectivity index (χ0) is 17.9. The molecule has 10 heteroatoms. The maximum absolute atomic E-state index is 11.9. The van der Waals surface area contributed by atoms with Crippen LogP contribution >= 0.6 is 0 Å². The smallest absolute Gasteiger partial charge is 0.234 e. The second-order valence-corrected chi connectivity index (χ2v) is 4.73. The van der Waals surface area contributed by atoms with E-state index in [1.807, 2.05) is 0 Å². The van der Waals surface area contributed by atoms with Crippen LogP contribution in [0, 0.1) is 0 Å². The van der Waals surface area contributed by atoms with Crippen LogP contribution in [0.2, 0.25) is 0 Å². The first-order chi connectivity index (χ1) is 10.6. The molecule has 0 saturated heterocycles. The molecule has 0 aromatic heterocycles. The Bertz CT molecular complexity index is 575. The van der Waals surface area contributed by atoms with Crippen molar-refractivity contribution < 1.29 is 50.4 Å². The Labute approximate surface area is 129 Å². The van der Waals surface area contributed by atoms with E-state index in [0.717, 1.165) is 0 Å². The normalized spacial score (nSPS) is 16.4. The third kappa shape index (κ3) is 3.94. The van der Waals surface area contributed by atoms with Crippen molar-refractivity contribution in [3.05, 3.63) is 17.7 Å². The summed E-state index contributed by atoms with van der Waals surface area (Å²) in [6.07, 6.45) is -8.66. The lowest BCUT2D eigenvalue weighted by Crippen LogP contribution is -2.50. The summed E-state index contributed by atoms with van der Waals surface area (Å²) in [4.78, 5) is 23.6. The first kappa shape index (κ1) is 18.8. The minimum absolute atomic E-state index is 0.591. The van der Waals surface area contributed by atoms with Gasteiger partial charge in [0, 0.05) is 5.56 Å². The molecule has 0 aliphatic heterocycles. The number of aromatic hydroxyl groups is 3. The summed E-state index contributed by atoms with van der Waals surface area (Å²) in [5.74, 6) is -5.76. The summed E-state index contributed by atoms with van der Waals surface area (Å²) in [5, 5.41) is 73.9. The lowest BCUT2D eigenvalue weighted by molar-refractivity contribution is -0.142. The van der Waals surface area contributed by atoms with Gasteiger partial charge >= 0.3 is 0 Å². The van der Waals surface area contributed by atoms with Crippen LogP contribution in [-0.4, -0.2) is 83.4 Å². The van der Waals surface area contributed by atoms with Gasteiger partial charge < -0.3 is 40.9 Å². The quantitative estimate of drug-likeness (QED) is 0.145. The largest absolute Gasteiger partial charge is 0.504 e. The number of hydrogen-bond acceptors (Lipinski definition) is 10. The molecule has 128 valence electrons. The van der Waals surface area contributed by atoms with Gasteiger partial charge in [-0.2, -0.15) is 0 Å². The maximum atomic E-state index is 11.9. The number of carbonyl (C=O) groups is 2. The number of ketones is 2. The van der Waals surface area contributed by atoms with Crippen LogP contribution in [0.5, 0.6) is 17.2 Å². The molecule has 0 radical (unpaired) electrons. The molecule has 0 bridgehead atoms. The number of aliphatic hydroxyl groups is 5. The van der Waals surface area contributed by atoms with Crippen molar-refractivity contribution in [1.29, 1.82) is 0 Å². The van der Waals surface area contributed by atoms with Gasteiger partial charge in [0.25, 0.3) is 0 Å². The molecule has 0 aliphatic rings. The van der Waals surface area contributed by atoms with Crippen molar-refractivity contribution in [2.75, 3.05) is 6.61 Å². The molecule has 0 unspecified atom stereocenters. The average Bonchev–Trinajstić information content (AvgIpc) is 2.54. The van der Waals surface area contributed by atoms with Crippen LogP contribution < -0.4 is 0 Å². The highest BCUT2D eigenvalue weighted by atomic mass is 16.4. The maximum Gasteiger partial charge on any atom is 0.234 e. The summed E-state index contributed by atoms with van der Waals surface area (Å²) < 4.78 is 0. The minimum atomic E-state index is -2.43. The Morgan fingerprint density at radius 2 is 1.39 bits per heavy atom. The third-order valence-electron chi connectivity index (χ3n) is 3.08. The van der Waals surface area contributed by atoms with E-state index in [-0.39, 0.29) is 0 Å². The molecule has 4 atom stereocenters. The molecule has 0 aliphatic carbocycles. The fraction of sp³-hybridized carbons (Fsp3) is 0.385. The second kappa shape index (κ2) is 7.35. The highest BCUT2D eigenvalue weighted by molar-refractivity contribution is 6.45. The summed E-state index contributed by atoms with van der Waals surface area (Å²) in [6, 6.07) is 1.29. The first-order valence-corrected chi connectivity index (χ1v) is 6.28. The van der Waals surface area contributed by atoms with Gasteiger partial charge in [-0.05, 0) is 12.1 Å². The molecule has 10 nitrogen and oxygen atoms in total. The number of rotatable bonds is 7. The Hall–Kier alpha value is -2.24. The van der Waals surface area contributed by atoms with Crippen LogP contribution in [0.25, 0.3) is 0 Å². The summed E-state index contributed by atoms with van der Waals surface area (Å²) in [7, 11) is 0. The van der Waals surface area contributed by atoms with Crippen LogP contribution in [0.15, 0.2) is 12.1 Å². The molecule has 23 heavy (non-hydrogen) atoms. The topological polar surface area (TPSA) is 196 Å². The highest BCUT2D eigenvalue weighted by Crippen LogP contribution is 2.35. The molecule has 1 aromatic carbocycles. The molecule has 0 fully saturated rings. The van der Waals surface area contributed by atoms with Gasteiger partial charge in [0.15, 0.2) is 17.2 Å². The van der Waals surface area contributed by atoms with E-state index in [0.29, 0.717) is 12.1 Å². The van der Waals surface area contributed by atoms with Gasteiger partial charge in [0.05, 0.1) is 6.61 Å². The van der Waals surface area contributed by atoms with Crippen LogP contribution in [0.4, 0.5) is 0 Å². The second-order valence-electron chi connectivity index (χ2n) is 4.73. The van der Waals surface area contributed by atoms with Crippen LogP contribution in [-0.2, 0) is 4.79 Å². The number of benzene rings is 1. The molecular formula is C13H16O10. The number of phenols is 3. The standard InChI is InChI=1S/C13H16O10/c14-3-7(17)10(20)12(22)13(23)11(21)8(18)4-1-5(15)9(19)6(16)2-4/h1-2,7,10,12-17,19-20,22-23H,3H2/t7-,10-,12-,13+/m1/s1. The predicted molar refractivity (Wildman–Crippen MR) is 71.9 cm³/mol. The van der Waals surface area contributed by atoms with E-state index in [1.165, 1.54) is 0 Å². The number of hydrogen-bond donors (Lipinski definition) is 8. The van der Waals surface area contributed by atoms with Crippen LogP contribution in [0.3, 0.4) is 0 Å². The van der Waals surface area contributed by atoms with Gasteiger partial charge in [0.1, 0.15) is 24.4 Å². The van der Waals surface area contributed by atoms with Crippen molar-refractivity contribution in [2.24, 2.45) is 0 Å². The molecular weight excluding hydrogens is 316 g/mol. The van der Waals surface area contributed by atoms with Crippen molar-refractivity contribution >= 4 is 11.6 Å². The highest BCUT2D eigenvalue weighted by Gasteiger charge is 2.37. The number of phenolic OH excluding ortho intramolecular Hbond substituents is 3. The Balaban J connectivity index is 2.98. The van der Waals surface area contributed by atoms with Gasteiger partial charge in [-0.15, -0.1) is 0 Å². The fourth-order valence-electron chi connectivity index (χ4n) is 1.69. The van der Waals surface area contributed by atoms with E-state index in [2.05, 4.69) is 0 Å². The molecule has 0 spiro atoms. The average molecular weight is 332 g/mol. The van der Waals surface area contributed by atoms with Crippen molar-refractivity contribution in [3.63, 3.8) is 0 Å². The van der Waals surface area contributed by atoms with E-state index in [4.69, 9.17) is 15.3 Å². The van der Waals surface area contributed by atoms with Gasteiger partial charge in [-0.1, -0.05) is 0 Å². The number of Topliss-reactive ketones (excluding diaryl/α,β-unsaturated/α-hetero) is 2. The Kier molecular flexibility index (Phi) is 6.01. The SMILES string of the molecule is O=C(C(=O)[C@H](O)[C@H](O)[C@H](O)[C@H](O)CO)c1cc(O)c(O)c(O)c1. The zero-order valence-electron chi connectivity index (χ0n) is 11.6. The van der Waals surface area contributed by atoms with Gasteiger partial charge in [-0.25, -0.2) is 0 Å². The number of carbonyl (C=O) groups excluding carboxylic acids is 2. The summed E-state index contributed by atoms with van der Waals surface area (Å²) in [5.41, 5.74) is -0.591. The number of aliphatic hydroxyl groups excluding tert-OH is 5. The molecule has 0 amide bonds. The molecule has 8 N–H and O–H groups in total. The Morgan fingerprint density at radius 1 is 0.913 bits per heavy atom. The van der Waals surface area contributed by atoms with Crippen molar-refractivity contribution in [2.45, 2.75) is 24.4 Å². The zero-order valence-corrected chi connectivity index (χ0v) is 11.6. The fourth-order valence-corrected chi connectivity index (χ4v) is 1.69.